The summed E-state index contributed by atoms with van der Waals surface area (Å²) < 4.78 is 14.8. The van der Waals surface area contributed by atoms with Crippen LogP contribution in [0.5, 0.6) is 0 Å². The van der Waals surface area contributed by atoms with Crippen molar-refractivity contribution >= 4 is 11.6 Å². The van der Waals surface area contributed by atoms with Gasteiger partial charge in [-0.3, -0.25) is 0 Å². The molecule has 1 aromatic heterocycles. The predicted octanol–water partition coefficient (Wildman–Crippen LogP) is 2.23. The summed E-state index contributed by atoms with van der Waals surface area (Å²) in [5.74, 6) is -0.303. The molecular formula is C12H14ClFN4. The molecule has 0 radical (unpaired) electrons. The third kappa shape index (κ3) is 3.27. The topological polar surface area (TPSA) is 42.7 Å². The van der Waals surface area contributed by atoms with E-state index in [9.17, 15) is 4.39 Å². The summed E-state index contributed by atoms with van der Waals surface area (Å²) in [6.07, 6.45) is 1.82. The molecule has 1 heterocycles. The van der Waals surface area contributed by atoms with Crippen LogP contribution in [0.3, 0.4) is 0 Å². The molecule has 0 bridgehead atoms. The van der Waals surface area contributed by atoms with Crippen molar-refractivity contribution in [1.29, 1.82) is 0 Å². The van der Waals surface area contributed by atoms with E-state index in [4.69, 9.17) is 11.6 Å². The minimum absolute atomic E-state index is 0.303. The number of hydrogen-bond acceptors (Lipinski definition) is 3. The largest absolute Gasteiger partial charge is 0.311 e. The summed E-state index contributed by atoms with van der Waals surface area (Å²) in [5.41, 5.74) is 1.54. The Balaban J connectivity index is 2.08. The van der Waals surface area contributed by atoms with Crippen molar-refractivity contribution in [3.8, 4) is 0 Å². The Bertz CT molecular complexity index is 527. The molecule has 0 saturated carbocycles. The van der Waals surface area contributed by atoms with Gasteiger partial charge in [0, 0.05) is 11.6 Å². The number of nitrogens with zero attached hydrogens (tertiary/aromatic N) is 3. The van der Waals surface area contributed by atoms with Gasteiger partial charge in [0.1, 0.15) is 5.82 Å². The van der Waals surface area contributed by atoms with Crippen molar-refractivity contribution < 1.29 is 4.39 Å². The molecule has 0 unspecified atom stereocenters. The van der Waals surface area contributed by atoms with Gasteiger partial charge >= 0.3 is 0 Å². The maximum absolute atomic E-state index is 13.1. The standard InChI is InChI=1S/C12H14ClFN4/c1-2-15-6-11-8-18(17-16-11)7-9-5-10(14)3-4-12(9)13/h3-5,8,15H,2,6-7H2,1H3. The van der Waals surface area contributed by atoms with E-state index in [0.29, 0.717) is 23.7 Å². The van der Waals surface area contributed by atoms with E-state index < -0.39 is 0 Å². The molecular weight excluding hydrogens is 255 g/mol. The molecule has 1 aromatic carbocycles. The van der Waals surface area contributed by atoms with E-state index in [2.05, 4.69) is 15.6 Å². The van der Waals surface area contributed by atoms with E-state index in [1.807, 2.05) is 13.1 Å². The van der Waals surface area contributed by atoms with Crippen LogP contribution in [0.25, 0.3) is 0 Å². The lowest BCUT2D eigenvalue weighted by Crippen LogP contribution is -2.11. The van der Waals surface area contributed by atoms with Gasteiger partial charge in [-0.15, -0.1) is 5.10 Å². The predicted molar refractivity (Wildman–Crippen MR) is 67.9 cm³/mol. The zero-order chi connectivity index (χ0) is 13.0. The minimum Gasteiger partial charge on any atom is -0.311 e. The lowest BCUT2D eigenvalue weighted by molar-refractivity contribution is 0.614. The van der Waals surface area contributed by atoms with Crippen LogP contribution in [0.1, 0.15) is 18.2 Å². The Kier molecular flexibility index (Phi) is 4.28. The first-order valence-corrected chi connectivity index (χ1v) is 6.10. The van der Waals surface area contributed by atoms with Crippen molar-refractivity contribution in [1.82, 2.24) is 20.3 Å². The first kappa shape index (κ1) is 13.0. The third-order valence-electron chi connectivity index (χ3n) is 2.48. The molecule has 0 spiro atoms. The molecule has 96 valence electrons. The van der Waals surface area contributed by atoms with Crippen LogP contribution in [-0.4, -0.2) is 21.5 Å². The second-order valence-corrected chi connectivity index (χ2v) is 4.33. The van der Waals surface area contributed by atoms with E-state index in [1.165, 1.54) is 12.1 Å². The maximum Gasteiger partial charge on any atom is 0.123 e. The van der Waals surface area contributed by atoms with Gasteiger partial charge in [0.15, 0.2) is 0 Å². The summed E-state index contributed by atoms with van der Waals surface area (Å²) in [5, 5.41) is 11.7. The summed E-state index contributed by atoms with van der Waals surface area (Å²) in [6, 6.07) is 4.29. The lowest BCUT2D eigenvalue weighted by Gasteiger charge is -2.03. The fraction of sp³-hybridized carbons (Fsp3) is 0.333. The highest BCUT2D eigenvalue weighted by Gasteiger charge is 2.05. The normalized spacial score (nSPS) is 10.8. The fourth-order valence-electron chi connectivity index (χ4n) is 1.59. The smallest absolute Gasteiger partial charge is 0.123 e. The first-order valence-electron chi connectivity index (χ1n) is 5.72. The Morgan fingerprint density at radius 3 is 3.06 bits per heavy atom. The van der Waals surface area contributed by atoms with Crippen molar-refractivity contribution in [3.05, 3.63) is 46.5 Å². The van der Waals surface area contributed by atoms with Gasteiger partial charge in [-0.2, -0.15) is 0 Å². The van der Waals surface area contributed by atoms with Crippen LogP contribution in [0, 0.1) is 5.82 Å². The van der Waals surface area contributed by atoms with Crippen LogP contribution < -0.4 is 5.32 Å². The molecule has 0 aliphatic carbocycles. The maximum atomic E-state index is 13.1. The number of halogens is 2. The number of rotatable bonds is 5. The molecule has 0 fully saturated rings. The molecule has 2 aromatic rings. The van der Waals surface area contributed by atoms with Gasteiger partial charge in [0.2, 0.25) is 0 Å². The SMILES string of the molecule is CCNCc1cn(Cc2cc(F)ccc2Cl)nn1. The third-order valence-corrected chi connectivity index (χ3v) is 2.85. The van der Waals surface area contributed by atoms with Crippen LogP contribution in [-0.2, 0) is 13.1 Å². The monoisotopic (exact) mass is 268 g/mol. The molecule has 6 heteroatoms. The second kappa shape index (κ2) is 5.93. The van der Waals surface area contributed by atoms with Crippen LogP contribution in [0.4, 0.5) is 4.39 Å². The highest BCUT2D eigenvalue weighted by Crippen LogP contribution is 2.17. The van der Waals surface area contributed by atoms with Gasteiger partial charge in [-0.25, -0.2) is 9.07 Å². The fourth-order valence-corrected chi connectivity index (χ4v) is 1.77. The Labute approximate surface area is 110 Å². The van der Waals surface area contributed by atoms with E-state index in [0.717, 1.165) is 12.2 Å². The number of aromatic nitrogens is 3. The number of benzene rings is 1. The molecule has 2 rings (SSSR count). The van der Waals surface area contributed by atoms with Crippen LogP contribution in [0.15, 0.2) is 24.4 Å². The Hall–Kier alpha value is -1.46. The Morgan fingerprint density at radius 2 is 2.28 bits per heavy atom. The van der Waals surface area contributed by atoms with E-state index >= 15 is 0 Å². The zero-order valence-corrected chi connectivity index (χ0v) is 10.8. The van der Waals surface area contributed by atoms with E-state index in [1.54, 1.807) is 10.7 Å². The van der Waals surface area contributed by atoms with Gasteiger partial charge in [0.25, 0.3) is 0 Å². The van der Waals surface area contributed by atoms with Gasteiger partial charge < -0.3 is 5.32 Å². The summed E-state index contributed by atoms with van der Waals surface area (Å²) >= 11 is 6.00. The van der Waals surface area contributed by atoms with Crippen molar-refractivity contribution in [2.75, 3.05) is 6.54 Å². The number of hydrogen-bond donors (Lipinski definition) is 1. The second-order valence-electron chi connectivity index (χ2n) is 3.92. The molecule has 1 N–H and O–H groups in total. The molecule has 0 aliphatic rings. The molecule has 4 nitrogen and oxygen atoms in total. The molecule has 18 heavy (non-hydrogen) atoms. The summed E-state index contributed by atoms with van der Waals surface area (Å²) in [4.78, 5) is 0. The Morgan fingerprint density at radius 1 is 1.44 bits per heavy atom. The van der Waals surface area contributed by atoms with Gasteiger partial charge in [-0.05, 0) is 30.3 Å². The minimum atomic E-state index is -0.303. The van der Waals surface area contributed by atoms with Crippen LogP contribution >= 0.6 is 11.6 Å². The zero-order valence-electron chi connectivity index (χ0n) is 10.0. The van der Waals surface area contributed by atoms with Crippen molar-refractivity contribution in [2.24, 2.45) is 0 Å². The lowest BCUT2D eigenvalue weighted by atomic mass is 10.2. The molecule has 0 saturated heterocycles. The highest BCUT2D eigenvalue weighted by atomic mass is 35.5. The first-order chi connectivity index (χ1) is 8.69. The van der Waals surface area contributed by atoms with Gasteiger partial charge in [0.05, 0.1) is 18.4 Å². The average Bonchev–Trinajstić information content (AvgIpc) is 2.79. The average molecular weight is 269 g/mol. The summed E-state index contributed by atoms with van der Waals surface area (Å²) in [7, 11) is 0. The molecule has 0 aliphatic heterocycles. The van der Waals surface area contributed by atoms with Crippen molar-refractivity contribution in [2.45, 2.75) is 20.0 Å². The number of nitrogens with one attached hydrogen (secondary N) is 1. The van der Waals surface area contributed by atoms with Crippen LogP contribution in [0.2, 0.25) is 5.02 Å². The molecule has 0 atom stereocenters. The van der Waals surface area contributed by atoms with Crippen molar-refractivity contribution in [3.63, 3.8) is 0 Å². The summed E-state index contributed by atoms with van der Waals surface area (Å²) in [6.45, 7) is 3.99. The molecule has 0 amide bonds. The highest BCUT2D eigenvalue weighted by molar-refractivity contribution is 6.31. The van der Waals surface area contributed by atoms with Gasteiger partial charge in [-0.1, -0.05) is 23.7 Å². The quantitative estimate of drug-likeness (QED) is 0.904. The van der Waals surface area contributed by atoms with E-state index in [-0.39, 0.29) is 5.82 Å².